The number of hydrogen-bond acceptors (Lipinski definition) is 4. The highest BCUT2D eigenvalue weighted by atomic mass is 19.1. The lowest BCUT2D eigenvalue weighted by Gasteiger charge is -2.12. The molecule has 0 heterocycles. The third-order valence-electron chi connectivity index (χ3n) is 4.77. The highest BCUT2D eigenvalue weighted by Gasteiger charge is 2.15. The standard InChI is InChI=1S/C25H24FNO4/c1-17(25(29)27-14-13-18-4-9-22(26)10-5-18)31-24(28)12-6-19-3-7-21-16-23(30-2)11-8-20(21)15-19/h3-12,15-17H,13-14H2,1-2H3,(H,27,29)/b12-6+/t17-/m1/s1. The molecule has 0 aliphatic carbocycles. The molecule has 3 aromatic carbocycles. The van der Waals surface area contributed by atoms with E-state index in [2.05, 4.69) is 5.32 Å². The van der Waals surface area contributed by atoms with Crippen LogP contribution in [0.25, 0.3) is 16.8 Å². The van der Waals surface area contributed by atoms with Gasteiger partial charge in [-0.05, 0) is 71.7 Å². The fourth-order valence-electron chi connectivity index (χ4n) is 3.03. The molecular formula is C25H24FNO4. The molecule has 1 N–H and O–H groups in total. The van der Waals surface area contributed by atoms with E-state index >= 15 is 0 Å². The van der Waals surface area contributed by atoms with E-state index in [1.165, 1.54) is 25.1 Å². The van der Waals surface area contributed by atoms with Crippen LogP contribution in [0.15, 0.2) is 66.7 Å². The van der Waals surface area contributed by atoms with E-state index in [9.17, 15) is 14.0 Å². The first-order valence-corrected chi connectivity index (χ1v) is 9.93. The van der Waals surface area contributed by atoms with Gasteiger partial charge in [-0.25, -0.2) is 9.18 Å². The molecule has 3 rings (SSSR count). The minimum absolute atomic E-state index is 0.301. The number of carbonyl (C=O) groups excluding carboxylic acids is 2. The number of hydrogen-bond donors (Lipinski definition) is 1. The largest absolute Gasteiger partial charge is 0.497 e. The van der Waals surface area contributed by atoms with Crippen LogP contribution in [0.4, 0.5) is 4.39 Å². The Morgan fingerprint density at radius 3 is 2.48 bits per heavy atom. The van der Waals surface area contributed by atoms with Crippen LogP contribution in [-0.4, -0.2) is 31.6 Å². The lowest BCUT2D eigenvalue weighted by atomic mass is 10.1. The number of methoxy groups -OCH3 is 1. The fourth-order valence-corrected chi connectivity index (χ4v) is 3.03. The lowest BCUT2D eigenvalue weighted by Crippen LogP contribution is -2.36. The molecule has 0 aliphatic heterocycles. The Morgan fingerprint density at radius 2 is 1.74 bits per heavy atom. The van der Waals surface area contributed by atoms with E-state index in [0.29, 0.717) is 13.0 Å². The zero-order chi connectivity index (χ0) is 22.2. The van der Waals surface area contributed by atoms with Crippen molar-refractivity contribution in [2.45, 2.75) is 19.4 Å². The van der Waals surface area contributed by atoms with Crippen LogP contribution in [0.2, 0.25) is 0 Å². The molecule has 31 heavy (non-hydrogen) atoms. The summed E-state index contributed by atoms with van der Waals surface area (Å²) in [5, 5.41) is 4.76. The van der Waals surface area contributed by atoms with E-state index in [1.807, 2.05) is 36.4 Å². The van der Waals surface area contributed by atoms with Crippen molar-refractivity contribution in [1.82, 2.24) is 5.32 Å². The molecular weight excluding hydrogens is 397 g/mol. The Kier molecular flexibility index (Phi) is 7.38. The Bertz CT molecular complexity index is 1090. The van der Waals surface area contributed by atoms with Gasteiger partial charge in [0.05, 0.1) is 7.11 Å². The summed E-state index contributed by atoms with van der Waals surface area (Å²) in [6.45, 7) is 1.88. The van der Waals surface area contributed by atoms with Crippen LogP contribution < -0.4 is 10.1 Å². The van der Waals surface area contributed by atoms with Gasteiger partial charge in [0.1, 0.15) is 11.6 Å². The van der Waals surface area contributed by atoms with Gasteiger partial charge in [0.2, 0.25) is 0 Å². The Hall–Kier alpha value is -3.67. The molecule has 1 atom stereocenters. The minimum atomic E-state index is -0.922. The van der Waals surface area contributed by atoms with Gasteiger partial charge in [-0.15, -0.1) is 0 Å². The van der Waals surface area contributed by atoms with Crippen molar-refractivity contribution in [3.8, 4) is 5.75 Å². The summed E-state index contributed by atoms with van der Waals surface area (Å²) in [6, 6.07) is 17.6. The number of nitrogens with one attached hydrogen (secondary N) is 1. The van der Waals surface area contributed by atoms with Crippen molar-refractivity contribution in [1.29, 1.82) is 0 Å². The number of rotatable bonds is 8. The van der Waals surface area contributed by atoms with Crippen LogP contribution in [0, 0.1) is 5.82 Å². The van der Waals surface area contributed by atoms with Gasteiger partial charge in [0, 0.05) is 12.6 Å². The van der Waals surface area contributed by atoms with Crippen molar-refractivity contribution in [3.63, 3.8) is 0 Å². The lowest BCUT2D eigenvalue weighted by molar-refractivity contribution is -0.150. The maximum atomic E-state index is 12.9. The van der Waals surface area contributed by atoms with Crippen LogP contribution in [-0.2, 0) is 20.7 Å². The monoisotopic (exact) mass is 421 g/mol. The Labute approximate surface area is 180 Å². The summed E-state index contributed by atoms with van der Waals surface area (Å²) in [4.78, 5) is 24.2. The van der Waals surface area contributed by atoms with Crippen molar-refractivity contribution in [2.24, 2.45) is 0 Å². The van der Waals surface area contributed by atoms with E-state index < -0.39 is 12.1 Å². The molecule has 160 valence electrons. The van der Waals surface area contributed by atoms with Crippen LogP contribution in [0.5, 0.6) is 5.75 Å². The Morgan fingerprint density at radius 1 is 1.03 bits per heavy atom. The summed E-state index contributed by atoms with van der Waals surface area (Å²) >= 11 is 0. The summed E-state index contributed by atoms with van der Waals surface area (Å²) in [5.41, 5.74) is 1.74. The predicted molar refractivity (Wildman–Crippen MR) is 118 cm³/mol. The van der Waals surface area contributed by atoms with E-state index in [-0.39, 0.29) is 11.7 Å². The zero-order valence-electron chi connectivity index (χ0n) is 17.4. The number of benzene rings is 3. The molecule has 5 nitrogen and oxygen atoms in total. The van der Waals surface area contributed by atoms with Gasteiger partial charge in [-0.2, -0.15) is 0 Å². The molecule has 0 aromatic heterocycles. The second kappa shape index (κ2) is 10.4. The molecule has 3 aromatic rings. The molecule has 0 unspecified atom stereocenters. The first-order chi connectivity index (χ1) is 14.9. The second-order valence-corrected chi connectivity index (χ2v) is 7.05. The maximum Gasteiger partial charge on any atom is 0.331 e. The van der Waals surface area contributed by atoms with Gasteiger partial charge in [-0.3, -0.25) is 4.79 Å². The number of esters is 1. The molecule has 0 saturated heterocycles. The molecule has 0 aliphatic rings. The zero-order valence-corrected chi connectivity index (χ0v) is 17.4. The molecule has 0 radical (unpaired) electrons. The van der Waals surface area contributed by atoms with Gasteiger partial charge < -0.3 is 14.8 Å². The van der Waals surface area contributed by atoms with Crippen LogP contribution in [0.1, 0.15) is 18.1 Å². The van der Waals surface area contributed by atoms with Crippen molar-refractivity contribution in [3.05, 3.63) is 83.7 Å². The predicted octanol–water partition coefficient (Wildman–Crippen LogP) is 4.29. The van der Waals surface area contributed by atoms with Crippen molar-refractivity contribution < 1.29 is 23.5 Å². The third-order valence-corrected chi connectivity index (χ3v) is 4.77. The summed E-state index contributed by atoms with van der Waals surface area (Å²) in [5.74, 6) is -0.505. The van der Waals surface area contributed by atoms with Gasteiger partial charge >= 0.3 is 5.97 Å². The number of amides is 1. The topological polar surface area (TPSA) is 64.6 Å². The molecule has 0 fully saturated rings. The molecule has 0 saturated carbocycles. The quantitative estimate of drug-likeness (QED) is 0.435. The molecule has 0 bridgehead atoms. The summed E-state index contributed by atoms with van der Waals surface area (Å²) in [6.07, 6.45) is 2.58. The normalized spacial score (nSPS) is 12.0. The van der Waals surface area contributed by atoms with Gasteiger partial charge in [0.15, 0.2) is 6.10 Å². The van der Waals surface area contributed by atoms with Crippen LogP contribution in [0.3, 0.4) is 0 Å². The first-order valence-electron chi connectivity index (χ1n) is 9.93. The number of carbonyl (C=O) groups is 2. The fraction of sp³-hybridized carbons (Fsp3) is 0.200. The van der Waals surface area contributed by atoms with E-state index in [1.54, 1.807) is 25.3 Å². The van der Waals surface area contributed by atoms with Crippen LogP contribution >= 0.6 is 0 Å². The number of fused-ring (bicyclic) bond motifs is 1. The second-order valence-electron chi connectivity index (χ2n) is 7.05. The smallest absolute Gasteiger partial charge is 0.331 e. The minimum Gasteiger partial charge on any atom is -0.497 e. The first kappa shape index (κ1) is 22.0. The molecule has 1 amide bonds. The number of halogens is 1. The average molecular weight is 421 g/mol. The van der Waals surface area contributed by atoms with Crippen molar-refractivity contribution >= 4 is 28.7 Å². The number of ether oxygens (including phenoxy) is 2. The summed E-state index contributed by atoms with van der Waals surface area (Å²) < 4.78 is 23.3. The van der Waals surface area contributed by atoms with E-state index in [4.69, 9.17) is 9.47 Å². The Balaban J connectivity index is 1.48. The molecule has 0 spiro atoms. The maximum absolute atomic E-state index is 12.9. The summed E-state index contributed by atoms with van der Waals surface area (Å²) in [7, 11) is 1.62. The van der Waals surface area contributed by atoms with Gasteiger partial charge in [0.25, 0.3) is 5.91 Å². The molecule has 6 heteroatoms. The highest BCUT2D eigenvalue weighted by Crippen LogP contribution is 2.22. The SMILES string of the molecule is COc1ccc2cc(/C=C/C(=O)O[C@H](C)C(=O)NCCc3ccc(F)cc3)ccc2c1. The highest BCUT2D eigenvalue weighted by molar-refractivity contribution is 5.92. The van der Waals surface area contributed by atoms with Gasteiger partial charge in [-0.1, -0.05) is 30.3 Å². The third kappa shape index (κ3) is 6.40. The van der Waals surface area contributed by atoms with E-state index in [0.717, 1.165) is 27.6 Å². The van der Waals surface area contributed by atoms with Crippen molar-refractivity contribution in [2.75, 3.05) is 13.7 Å². The average Bonchev–Trinajstić information content (AvgIpc) is 2.78.